The highest BCUT2D eigenvalue weighted by Gasteiger charge is 2.36. The van der Waals surface area contributed by atoms with E-state index in [1.807, 2.05) is 91.0 Å². The van der Waals surface area contributed by atoms with E-state index in [9.17, 15) is 13.2 Å². The molecule has 1 aromatic heterocycles. The highest BCUT2D eigenvalue weighted by Crippen LogP contribution is 2.37. The normalized spacial score (nSPS) is 16.5. The van der Waals surface area contributed by atoms with Crippen molar-refractivity contribution in [2.24, 2.45) is 9.98 Å². The zero-order chi connectivity index (χ0) is 37.7. The number of para-hydroxylation sites is 1. The molecule has 268 valence electrons. The van der Waals surface area contributed by atoms with Crippen LogP contribution in [-0.2, 0) is 0 Å². The Labute approximate surface area is 316 Å². The molecule has 7 heteroatoms. The maximum Gasteiger partial charge on any atom is 0.416 e. The second-order valence-corrected chi connectivity index (χ2v) is 13.9. The minimum absolute atomic E-state index is 0.121. The molecule has 0 amide bonds. The Hall–Kier alpha value is -6.73. The Morgan fingerprint density at radius 2 is 1.36 bits per heavy atom. The summed E-state index contributed by atoms with van der Waals surface area (Å²) in [5.41, 5.74) is 8.61. The Morgan fingerprint density at radius 3 is 2.13 bits per heavy atom. The summed E-state index contributed by atoms with van der Waals surface area (Å²) in [7, 11) is 0. The molecule has 1 aliphatic heterocycles. The van der Waals surface area contributed by atoms with Crippen LogP contribution in [0.15, 0.2) is 173 Å². The van der Waals surface area contributed by atoms with Gasteiger partial charge in [0.1, 0.15) is 11.7 Å². The van der Waals surface area contributed by atoms with Crippen molar-refractivity contribution in [1.29, 1.82) is 0 Å². The zero-order valence-electron chi connectivity index (χ0n) is 30.2. The summed E-state index contributed by atoms with van der Waals surface area (Å²) >= 11 is 0. The average Bonchev–Trinajstić information content (AvgIpc) is 3.54. The number of hydrogen-bond acceptors (Lipinski definition) is 3. The van der Waals surface area contributed by atoms with Gasteiger partial charge in [-0.25, -0.2) is 9.98 Å². The van der Waals surface area contributed by atoms with Crippen LogP contribution in [0.4, 0.5) is 13.2 Å². The molecule has 0 bridgehead atoms. The van der Waals surface area contributed by atoms with E-state index in [1.54, 1.807) is 6.08 Å². The summed E-state index contributed by atoms with van der Waals surface area (Å²) in [6.07, 6.45) is -0.0301. The number of amidine groups is 2. The van der Waals surface area contributed by atoms with E-state index in [2.05, 4.69) is 72.3 Å². The van der Waals surface area contributed by atoms with E-state index >= 15 is 0 Å². The quantitative estimate of drug-likeness (QED) is 0.193. The number of aliphatic imine (C=N–C) groups is 2. The third-order valence-corrected chi connectivity index (χ3v) is 10.3. The van der Waals surface area contributed by atoms with E-state index in [0.29, 0.717) is 27.9 Å². The lowest BCUT2D eigenvalue weighted by Gasteiger charge is -2.20. The number of hydrogen-bond donors (Lipinski definition) is 1. The molecule has 2 aliphatic rings. The van der Waals surface area contributed by atoms with Crippen LogP contribution >= 0.6 is 0 Å². The number of aryl methyl sites for hydroxylation is 2. The van der Waals surface area contributed by atoms with Gasteiger partial charge in [0.05, 0.1) is 16.6 Å². The summed E-state index contributed by atoms with van der Waals surface area (Å²) in [6, 6.07) is 46.3. The Bertz CT molecular complexity index is 2910. The van der Waals surface area contributed by atoms with Crippen molar-refractivity contribution < 1.29 is 13.2 Å². The molecule has 0 atom stereocenters. The maximum atomic E-state index is 14.7. The van der Waals surface area contributed by atoms with E-state index in [1.165, 1.54) is 22.8 Å². The minimum atomic E-state index is -4.55. The molecule has 0 saturated heterocycles. The van der Waals surface area contributed by atoms with Crippen molar-refractivity contribution in [3.63, 3.8) is 0 Å². The molecule has 2 heterocycles. The number of alkyl halides is 3. The summed E-state index contributed by atoms with van der Waals surface area (Å²) in [6.45, 7) is 4.23. The van der Waals surface area contributed by atoms with Crippen molar-refractivity contribution in [3.8, 4) is 16.8 Å². The van der Waals surface area contributed by atoms with Gasteiger partial charge in [0.25, 0.3) is 0 Å². The van der Waals surface area contributed by atoms with Crippen LogP contribution in [-0.4, -0.2) is 22.4 Å². The van der Waals surface area contributed by atoms with Crippen molar-refractivity contribution in [2.45, 2.75) is 26.4 Å². The van der Waals surface area contributed by atoms with Gasteiger partial charge < -0.3 is 9.88 Å². The fraction of sp³-hybridized carbons (Fsp3) is 0.0833. The second-order valence-electron chi connectivity index (χ2n) is 13.9. The Balaban J connectivity index is 1.35. The monoisotopic (exact) mass is 724 g/mol. The SMILES string of the molecule is Cc1ccc(-c2ccc3c(c2)c2ccccc2n3-c2ccc(=C3CC=CC=C3C(F)(F)F)c(=C3N=C(c4ccccc4)N=C(c4ccccc4)N3)c2)c(C)c1. The Morgan fingerprint density at radius 1 is 0.636 bits per heavy atom. The molecule has 0 unspecified atom stereocenters. The molecule has 7 aromatic rings. The van der Waals surface area contributed by atoms with Crippen LogP contribution in [0.5, 0.6) is 0 Å². The summed E-state index contributed by atoms with van der Waals surface area (Å²) < 4.78 is 46.2. The number of rotatable bonds is 4. The Kier molecular flexibility index (Phi) is 8.42. The standard InChI is InChI=1S/C48H35F3N4/c1-30-21-24-36(31(2)27-30)34-22-26-44-40(28-34)39-18-10-12-20-43(39)55(44)35-23-25-37(38-17-9-11-19-42(38)48(49,50)51)41(29-35)47-53-45(32-13-5-3-6-14-32)52-46(54-47)33-15-7-4-8-16-33/h3-16,18-29H,17H2,1-2H3,(H,52,53,54). The number of fused-ring (bicyclic) bond motifs is 3. The van der Waals surface area contributed by atoms with Crippen LogP contribution in [0, 0.1) is 13.8 Å². The predicted molar refractivity (Wildman–Crippen MR) is 219 cm³/mol. The highest BCUT2D eigenvalue weighted by atomic mass is 19.4. The third kappa shape index (κ3) is 6.27. The molecule has 0 spiro atoms. The smallest absolute Gasteiger partial charge is 0.324 e. The van der Waals surface area contributed by atoms with Crippen molar-refractivity contribution in [3.05, 3.63) is 196 Å². The minimum Gasteiger partial charge on any atom is -0.324 e. The van der Waals surface area contributed by atoms with Crippen LogP contribution in [0.25, 0.3) is 50.0 Å². The number of allylic oxidation sites excluding steroid dienone is 4. The summed E-state index contributed by atoms with van der Waals surface area (Å²) in [5, 5.41) is 6.58. The topological polar surface area (TPSA) is 41.7 Å². The molecule has 0 radical (unpaired) electrons. The zero-order valence-corrected chi connectivity index (χ0v) is 30.2. The number of nitrogens with zero attached hydrogens (tertiary/aromatic N) is 3. The van der Waals surface area contributed by atoms with Crippen LogP contribution in [0.2, 0.25) is 0 Å². The first-order chi connectivity index (χ1) is 26.7. The van der Waals surface area contributed by atoms with Gasteiger partial charge in [-0.05, 0) is 78.1 Å². The van der Waals surface area contributed by atoms with Gasteiger partial charge in [-0.1, -0.05) is 133 Å². The van der Waals surface area contributed by atoms with Gasteiger partial charge in [-0.15, -0.1) is 0 Å². The van der Waals surface area contributed by atoms with Gasteiger partial charge in [-0.3, -0.25) is 0 Å². The molecule has 6 aromatic carbocycles. The fourth-order valence-electron chi connectivity index (χ4n) is 7.75. The summed E-state index contributed by atoms with van der Waals surface area (Å²) in [5.74, 6) is 1.42. The molecule has 0 fully saturated rings. The molecule has 1 aliphatic carbocycles. The first-order valence-corrected chi connectivity index (χ1v) is 18.2. The van der Waals surface area contributed by atoms with Crippen LogP contribution < -0.4 is 15.8 Å². The molecule has 4 nitrogen and oxygen atoms in total. The number of halogens is 3. The van der Waals surface area contributed by atoms with E-state index in [0.717, 1.165) is 50.3 Å². The lowest BCUT2D eigenvalue weighted by atomic mass is 9.94. The van der Waals surface area contributed by atoms with Gasteiger partial charge in [0, 0.05) is 32.8 Å². The average molecular weight is 725 g/mol. The van der Waals surface area contributed by atoms with Crippen molar-refractivity contribution in [2.75, 3.05) is 0 Å². The largest absolute Gasteiger partial charge is 0.416 e. The van der Waals surface area contributed by atoms with Gasteiger partial charge in [0.2, 0.25) is 0 Å². The first-order valence-electron chi connectivity index (χ1n) is 18.2. The number of benzene rings is 6. The number of aromatic nitrogens is 1. The second kappa shape index (κ2) is 13.6. The van der Waals surface area contributed by atoms with E-state index in [4.69, 9.17) is 9.98 Å². The molecular weight excluding hydrogens is 690 g/mol. The van der Waals surface area contributed by atoms with Gasteiger partial charge >= 0.3 is 6.18 Å². The molecule has 1 N–H and O–H groups in total. The van der Waals surface area contributed by atoms with Gasteiger partial charge in [0.15, 0.2) is 5.84 Å². The molecular formula is C48H35F3N4. The molecule has 55 heavy (non-hydrogen) atoms. The fourth-order valence-corrected chi connectivity index (χ4v) is 7.75. The van der Waals surface area contributed by atoms with Crippen molar-refractivity contribution >= 4 is 44.9 Å². The summed E-state index contributed by atoms with van der Waals surface area (Å²) in [4.78, 5) is 9.95. The molecule has 9 rings (SSSR count). The van der Waals surface area contributed by atoms with Gasteiger partial charge in [-0.2, -0.15) is 13.2 Å². The van der Waals surface area contributed by atoms with Crippen molar-refractivity contribution in [1.82, 2.24) is 9.88 Å². The maximum absolute atomic E-state index is 14.7. The lowest BCUT2D eigenvalue weighted by Crippen LogP contribution is -2.39. The van der Waals surface area contributed by atoms with Crippen LogP contribution in [0.1, 0.15) is 28.7 Å². The lowest BCUT2D eigenvalue weighted by molar-refractivity contribution is -0.0874. The third-order valence-electron chi connectivity index (χ3n) is 10.3. The number of nitrogens with one attached hydrogen (secondary N) is 1. The predicted octanol–water partition coefficient (Wildman–Crippen LogP) is 10.2. The van der Waals surface area contributed by atoms with Crippen LogP contribution in [0.3, 0.4) is 0 Å². The molecule has 0 saturated carbocycles. The highest BCUT2D eigenvalue weighted by molar-refractivity contribution is 6.16. The first kappa shape index (κ1) is 34.1. The van der Waals surface area contributed by atoms with E-state index < -0.39 is 11.7 Å². The van der Waals surface area contributed by atoms with E-state index in [-0.39, 0.29) is 12.0 Å².